The molecule has 9 heteroatoms. The molecule has 0 spiro atoms. The summed E-state index contributed by atoms with van der Waals surface area (Å²) in [6, 6.07) is 18.4. The van der Waals surface area contributed by atoms with Crippen molar-refractivity contribution in [2.24, 2.45) is 0 Å². The average Bonchev–Trinajstić information content (AvgIpc) is 2.87. The van der Waals surface area contributed by atoms with Crippen LogP contribution in [0.2, 0.25) is 0 Å². The van der Waals surface area contributed by atoms with Crippen LogP contribution < -0.4 is 9.62 Å². The third-order valence-electron chi connectivity index (χ3n) is 6.35. The molecule has 0 aliphatic heterocycles. The first-order chi connectivity index (χ1) is 17.4. The number of carbonyl (C=O) groups is 2. The van der Waals surface area contributed by atoms with Crippen molar-refractivity contribution < 1.29 is 18.0 Å². The second-order valence-corrected chi connectivity index (χ2v) is 11.8. The number of rotatable bonds is 9. The Balaban J connectivity index is 2.05. The van der Waals surface area contributed by atoms with E-state index in [9.17, 15) is 18.0 Å². The predicted molar refractivity (Wildman–Crippen MR) is 150 cm³/mol. The highest BCUT2D eigenvalue weighted by atomic mass is 79.9. The summed E-state index contributed by atoms with van der Waals surface area (Å²) in [4.78, 5) is 27.8. The molecule has 0 saturated heterocycles. The molecule has 1 N–H and O–H groups in total. The normalized spacial score (nSPS) is 12.1. The summed E-state index contributed by atoms with van der Waals surface area (Å²) in [5.74, 6) is -0.836. The van der Waals surface area contributed by atoms with Crippen molar-refractivity contribution in [3.05, 3.63) is 93.5 Å². The molecule has 0 unspecified atom stereocenters. The van der Waals surface area contributed by atoms with Crippen molar-refractivity contribution in [1.82, 2.24) is 10.2 Å². The van der Waals surface area contributed by atoms with Crippen LogP contribution in [0.25, 0.3) is 0 Å². The lowest BCUT2D eigenvalue weighted by atomic mass is 10.1. The van der Waals surface area contributed by atoms with Crippen molar-refractivity contribution in [2.45, 2.75) is 45.2 Å². The van der Waals surface area contributed by atoms with Crippen LogP contribution in [-0.4, -0.2) is 44.8 Å². The number of benzene rings is 3. The molecule has 3 rings (SSSR count). The number of nitrogens with zero attached hydrogens (tertiary/aromatic N) is 2. The van der Waals surface area contributed by atoms with Crippen LogP contribution in [0, 0.1) is 20.8 Å². The third kappa shape index (κ3) is 6.78. The number of hydrogen-bond acceptors (Lipinski definition) is 4. The molecule has 0 bridgehead atoms. The highest BCUT2D eigenvalue weighted by Crippen LogP contribution is 2.27. The average molecular weight is 587 g/mol. The zero-order chi connectivity index (χ0) is 27.3. The Morgan fingerprint density at radius 2 is 1.54 bits per heavy atom. The predicted octanol–water partition coefficient (Wildman–Crippen LogP) is 4.73. The monoisotopic (exact) mass is 585 g/mol. The molecule has 1 atom stereocenters. The fourth-order valence-corrected chi connectivity index (χ4v) is 5.50. The fraction of sp³-hybridized carbons (Fsp3) is 0.286. The van der Waals surface area contributed by atoms with Gasteiger partial charge in [-0.15, -0.1) is 0 Å². The van der Waals surface area contributed by atoms with Gasteiger partial charge in [0.2, 0.25) is 11.8 Å². The van der Waals surface area contributed by atoms with Gasteiger partial charge in [-0.3, -0.25) is 13.9 Å². The first-order valence-corrected chi connectivity index (χ1v) is 14.1. The van der Waals surface area contributed by atoms with E-state index >= 15 is 0 Å². The van der Waals surface area contributed by atoms with Crippen LogP contribution in [0.15, 0.2) is 76.1 Å². The summed E-state index contributed by atoms with van der Waals surface area (Å²) in [5, 5.41) is 2.58. The van der Waals surface area contributed by atoms with Gasteiger partial charge in [0.15, 0.2) is 0 Å². The number of likely N-dealkylation sites (N-methyl/N-ethyl adjacent to an activating group) is 1. The van der Waals surface area contributed by atoms with E-state index in [2.05, 4.69) is 21.2 Å². The van der Waals surface area contributed by atoms with E-state index < -0.39 is 28.5 Å². The topological polar surface area (TPSA) is 86.8 Å². The summed E-state index contributed by atoms with van der Waals surface area (Å²) in [5.41, 5.74) is 4.03. The van der Waals surface area contributed by atoms with Crippen LogP contribution >= 0.6 is 15.9 Å². The highest BCUT2D eigenvalue weighted by molar-refractivity contribution is 9.10. The van der Waals surface area contributed by atoms with Gasteiger partial charge in [0.1, 0.15) is 12.6 Å². The zero-order valence-corrected chi connectivity index (χ0v) is 24.1. The zero-order valence-electron chi connectivity index (χ0n) is 21.7. The maximum atomic E-state index is 13.8. The second kappa shape index (κ2) is 11.9. The van der Waals surface area contributed by atoms with Crippen LogP contribution in [0.5, 0.6) is 0 Å². The Kier molecular flexibility index (Phi) is 9.15. The van der Waals surface area contributed by atoms with E-state index in [4.69, 9.17) is 0 Å². The molecule has 0 radical (unpaired) electrons. The van der Waals surface area contributed by atoms with Gasteiger partial charge in [-0.1, -0.05) is 51.8 Å². The molecular formula is C28H32BrN3O4S. The lowest BCUT2D eigenvalue weighted by Crippen LogP contribution is -2.50. The number of aryl methyl sites for hydroxylation is 3. The molecule has 0 aliphatic carbocycles. The Morgan fingerprint density at radius 3 is 2.11 bits per heavy atom. The molecule has 7 nitrogen and oxygen atoms in total. The number of nitrogens with one attached hydrogen (secondary N) is 1. The first-order valence-electron chi connectivity index (χ1n) is 11.9. The standard InChI is InChI=1S/C28H32BrN3O4S/c1-19-6-14-26(15-7-19)37(35,36)32(25-13-8-20(2)21(3)16-25)18-27(33)31(22(4)28(34)30-5)17-23-9-11-24(29)12-10-23/h6-16,22H,17-18H2,1-5H3,(H,30,34)/t22-/m1/s1. The van der Waals surface area contributed by atoms with Gasteiger partial charge in [0.25, 0.3) is 10.0 Å². The van der Waals surface area contributed by atoms with Gasteiger partial charge in [0.05, 0.1) is 10.6 Å². The molecule has 0 aromatic heterocycles. The summed E-state index contributed by atoms with van der Waals surface area (Å²) < 4.78 is 29.7. The fourth-order valence-electron chi connectivity index (χ4n) is 3.82. The Labute approximate surface area is 227 Å². The molecule has 2 amide bonds. The molecule has 0 saturated carbocycles. The number of amides is 2. The Morgan fingerprint density at radius 1 is 0.919 bits per heavy atom. The second-order valence-electron chi connectivity index (χ2n) is 9.03. The number of hydrogen-bond donors (Lipinski definition) is 1. The van der Waals surface area contributed by atoms with E-state index in [0.29, 0.717) is 5.69 Å². The summed E-state index contributed by atoms with van der Waals surface area (Å²) in [6.07, 6.45) is 0. The van der Waals surface area contributed by atoms with E-state index in [-0.39, 0.29) is 17.3 Å². The number of halogens is 1. The molecule has 196 valence electrons. The minimum Gasteiger partial charge on any atom is -0.357 e. The van der Waals surface area contributed by atoms with E-state index in [1.807, 2.05) is 51.1 Å². The molecule has 0 aliphatic rings. The summed E-state index contributed by atoms with van der Waals surface area (Å²) in [6.45, 7) is 7.02. The highest BCUT2D eigenvalue weighted by Gasteiger charge is 2.32. The summed E-state index contributed by atoms with van der Waals surface area (Å²) in [7, 11) is -2.58. The Bertz CT molecular complexity index is 1370. The van der Waals surface area contributed by atoms with Crippen LogP contribution in [0.3, 0.4) is 0 Å². The number of anilines is 1. The van der Waals surface area contributed by atoms with Gasteiger partial charge in [-0.05, 0) is 80.8 Å². The molecule has 37 heavy (non-hydrogen) atoms. The Hall–Kier alpha value is -3.17. The van der Waals surface area contributed by atoms with Gasteiger partial charge < -0.3 is 10.2 Å². The third-order valence-corrected chi connectivity index (χ3v) is 8.66. The van der Waals surface area contributed by atoms with E-state index in [1.54, 1.807) is 31.2 Å². The molecule has 3 aromatic carbocycles. The van der Waals surface area contributed by atoms with Crippen molar-refractivity contribution in [1.29, 1.82) is 0 Å². The van der Waals surface area contributed by atoms with E-state index in [0.717, 1.165) is 31.0 Å². The lowest BCUT2D eigenvalue weighted by molar-refractivity contribution is -0.139. The molecule has 0 fully saturated rings. The van der Waals surface area contributed by atoms with Crippen molar-refractivity contribution in [2.75, 3.05) is 17.9 Å². The van der Waals surface area contributed by atoms with Gasteiger partial charge in [-0.2, -0.15) is 0 Å². The maximum Gasteiger partial charge on any atom is 0.264 e. The van der Waals surface area contributed by atoms with Gasteiger partial charge >= 0.3 is 0 Å². The van der Waals surface area contributed by atoms with Crippen molar-refractivity contribution >= 4 is 43.5 Å². The van der Waals surface area contributed by atoms with Crippen molar-refractivity contribution in [3.8, 4) is 0 Å². The van der Waals surface area contributed by atoms with Crippen LogP contribution in [0.1, 0.15) is 29.2 Å². The molecular weight excluding hydrogens is 554 g/mol. The smallest absolute Gasteiger partial charge is 0.264 e. The number of carbonyl (C=O) groups excluding carboxylic acids is 2. The quantitative estimate of drug-likeness (QED) is 0.393. The number of sulfonamides is 1. The van der Waals surface area contributed by atoms with Gasteiger partial charge in [0, 0.05) is 18.1 Å². The summed E-state index contributed by atoms with van der Waals surface area (Å²) >= 11 is 3.40. The van der Waals surface area contributed by atoms with Crippen LogP contribution in [0.4, 0.5) is 5.69 Å². The minimum absolute atomic E-state index is 0.0861. The molecule has 3 aromatic rings. The maximum absolute atomic E-state index is 13.8. The lowest BCUT2D eigenvalue weighted by Gasteiger charge is -2.32. The van der Waals surface area contributed by atoms with Crippen LogP contribution in [-0.2, 0) is 26.2 Å². The molecule has 0 heterocycles. The first kappa shape index (κ1) is 28.4. The largest absolute Gasteiger partial charge is 0.357 e. The minimum atomic E-state index is -4.08. The van der Waals surface area contributed by atoms with Gasteiger partial charge in [-0.25, -0.2) is 8.42 Å². The van der Waals surface area contributed by atoms with Crippen molar-refractivity contribution in [3.63, 3.8) is 0 Å². The SMILES string of the molecule is CNC(=O)[C@@H](C)N(Cc1ccc(Br)cc1)C(=O)CN(c1ccc(C)c(C)c1)S(=O)(=O)c1ccc(C)cc1. The van der Waals surface area contributed by atoms with E-state index in [1.165, 1.54) is 24.1 Å².